The largest absolute Gasteiger partial charge is 0.266 e. The molecule has 0 saturated heterocycles. The molecule has 0 saturated carbocycles. The van der Waals surface area contributed by atoms with Crippen molar-refractivity contribution in [3.63, 3.8) is 0 Å². The standard InChI is InChI=1S/C17H10Cl2F2N2O2S/c18-13-3-1-2-12(17(13)19)10-4-7-16(22-9-10)23-26(24,25)15-8-11(20)5-6-14(15)21/h1-9H,(H,22,23). The third-order valence-electron chi connectivity index (χ3n) is 3.45. The van der Waals surface area contributed by atoms with Gasteiger partial charge < -0.3 is 0 Å². The minimum absolute atomic E-state index is 0.0597. The van der Waals surface area contributed by atoms with E-state index in [-0.39, 0.29) is 5.82 Å². The van der Waals surface area contributed by atoms with Gasteiger partial charge in [-0.3, -0.25) is 4.72 Å². The van der Waals surface area contributed by atoms with Crippen LogP contribution in [0, 0.1) is 11.6 Å². The van der Waals surface area contributed by atoms with Crippen LogP contribution in [0.3, 0.4) is 0 Å². The summed E-state index contributed by atoms with van der Waals surface area (Å²) in [7, 11) is -4.33. The van der Waals surface area contributed by atoms with E-state index in [0.717, 1.165) is 12.1 Å². The van der Waals surface area contributed by atoms with E-state index in [0.29, 0.717) is 27.2 Å². The zero-order valence-corrected chi connectivity index (χ0v) is 15.2. The van der Waals surface area contributed by atoms with Crippen molar-refractivity contribution in [3.8, 4) is 11.1 Å². The average Bonchev–Trinajstić information content (AvgIpc) is 2.60. The van der Waals surface area contributed by atoms with Gasteiger partial charge in [-0.1, -0.05) is 35.3 Å². The van der Waals surface area contributed by atoms with Crippen LogP contribution in [0.5, 0.6) is 0 Å². The van der Waals surface area contributed by atoms with Crippen molar-refractivity contribution in [1.29, 1.82) is 0 Å². The number of nitrogens with zero attached hydrogens (tertiary/aromatic N) is 1. The first kappa shape index (κ1) is 18.6. The first-order chi connectivity index (χ1) is 12.3. The lowest BCUT2D eigenvalue weighted by molar-refractivity contribution is 0.555. The summed E-state index contributed by atoms with van der Waals surface area (Å²) in [6, 6.07) is 10.2. The molecule has 1 heterocycles. The van der Waals surface area contributed by atoms with Gasteiger partial charge in [0.05, 0.1) is 10.0 Å². The third-order valence-corrected chi connectivity index (χ3v) is 5.64. The van der Waals surface area contributed by atoms with Gasteiger partial charge in [0, 0.05) is 17.3 Å². The molecule has 0 radical (unpaired) electrons. The van der Waals surface area contributed by atoms with E-state index < -0.39 is 26.6 Å². The molecule has 2 aromatic carbocycles. The van der Waals surface area contributed by atoms with Crippen LogP contribution in [-0.2, 0) is 10.0 Å². The number of rotatable bonds is 4. The van der Waals surface area contributed by atoms with E-state index in [2.05, 4.69) is 9.71 Å². The van der Waals surface area contributed by atoms with Crippen LogP contribution in [0.15, 0.2) is 59.6 Å². The molecular weight excluding hydrogens is 405 g/mol. The molecule has 0 aliphatic carbocycles. The van der Waals surface area contributed by atoms with Crippen molar-refractivity contribution < 1.29 is 17.2 Å². The molecule has 0 bridgehead atoms. The minimum atomic E-state index is -4.33. The quantitative estimate of drug-likeness (QED) is 0.643. The lowest BCUT2D eigenvalue weighted by Crippen LogP contribution is -2.15. The first-order valence-electron chi connectivity index (χ1n) is 7.16. The maximum absolute atomic E-state index is 13.7. The number of nitrogens with one attached hydrogen (secondary N) is 1. The number of anilines is 1. The van der Waals surface area contributed by atoms with Crippen molar-refractivity contribution >= 4 is 39.0 Å². The van der Waals surface area contributed by atoms with Gasteiger partial charge in [0.15, 0.2) is 0 Å². The van der Waals surface area contributed by atoms with Crippen LogP contribution in [0.4, 0.5) is 14.6 Å². The van der Waals surface area contributed by atoms with E-state index in [1.807, 2.05) is 0 Å². The predicted molar refractivity (Wildman–Crippen MR) is 96.9 cm³/mol. The third kappa shape index (κ3) is 3.80. The number of sulfonamides is 1. The lowest BCUT2D eigenvalue weighted by atomic mass is 10.1. The van der Waals surface area contributed by atoms with Crippen LogP contribution >= 0.6 is 23.2 Å². The molecule has 26 heavy (non-hydrogen) atoms. The van der Waals surface area contributed by atoms with Crippen molar-refractivity contribution in [2.24, 2.45) is 0 Å². The first-order valence-corrected chi connectivity index (χ1v) is 9.40. The Morgan fingerprint density at radius 3 is 2.46 bits per heavy atom. The fourth-order valence-electron chi connectivity index (χ4n) is 2.22. The summed E-state index contributed by atoms with van der Waals surface area (Å²) in [6.45, 7) is 0. The van der Waals surface area contributed by atoms with Crippen molar-refractivity contribution in [3.05, 3.63) is 76.4 Å². The molecule has 9 heteroatoms. The summed E-state index contributed by atoms with van der Waals surface area (Å²) in [5.74, 6) is -2.00. The highest BCUT2D eigenvalue weighted by Gasteiger charge is 2.20. The highest BCUT2D eigenvalue weighted by molar-refractivity contribution is 7.92. The molecule has 3 rings (SSSR count). The zero-order valence-electron chi connectivity index (χ0n) is 12.9. The zero-order chi connectivity index (χ0) is 18.9. The van der Waals surface area contributed by atoms with Gasteiger partial charge in [-0.2, -0.15) is 0 Å². The second kappa shape index (κ2) is 7.19. The Kier molecular flexibility index (Phi) is 5.13. The van der Waals surface area contributed by atoms with Crippen molar-refractivity contribution in [2.45, 2.75) is 4.90 Å². The second-order valence-electron chi connectivity index (χ2n) is 5.21. The summed E-state index contributed by atoms with van der Waals surface area (Å²) in [4.78, 5) is 3.18. The normalized spacial score (nSPS) is 11.4. The molecule has 0 aliphatic heterocycles. The summed E-state index contributed by atoms with van der Waals surface area (Å²) >= 11 is 12.1. The molecule has 3 aromatic rings. The minimum Gasteiger partial charge on any atom is -0.263 e. The van der Waals surface area contributed by atoms with Crippen molar-refractivity contribution in [2.75, 3.05) is 4.72 Å². The highest BCUT2D eigenvalue weighted by atomic mass is 35.5. The molecule has 1 aromatic heterocycles. The Morgan fingerprint density at radius 2 is 1.77 bits per heavy atom. The van der Waals surface area contributed by atoms with Gasteiger partial charge in [0.25, 0.3) is 10.0 Å². The molecule has 0 amide bonds. The van der Waals surface area contributed by atoms with E-state index in [9.17, 15) is 17.2 Å². The monoisotopic (exact) mass is 414 g/mol. The Morgan fingerprint density at radius 1 is 1.00 bits per heavy atom. The van der Waals surface area contributed by atoms with Gasteiger partial charge in [0.1, 0.15) is 22.3 Å². The number of aromatic nitrogens is 1. The van der Waals surface area contributed by atoms with Crippen LogP contribution in [0.25, 0.3) is 11.1 Å². The van der Waals surface area contributed by atoms with Crippen LogP contribution in [0.2, 0.25) is 10.0 Å². The second-order valence-corrected chi connectivity index (χ2v) is 7.65. The summed E-state index contributed by atoms with van der Waals surface area (Å²) in [5, 5.41) is 0.710. The molecule has 1 N–H and O–H groups in total. The van der Waals surface area contributed by atoms with Gasteiger partial charge in [-0.15, -0.1) is 0 Å². The number of hydrogen-bond acceptors (Lipinski definition) is 3. The van der Waals surface area contributed by atoms with E-state index in [4.69, 9.17) is 23.2 Å². The SMILES string of the molecule is O=S(=O)(Nc1ccc(-c2cccc(Cl)c2Cl)cn1)c1cc(F)ccc1F. The molecule has 4 nitrogen and oxygen atoms in total. The maximum Gasteiger partial charge on any atom is 0.266 e. The Labute approximate surface area is 158 Å². The van der Waals surface area contributed by atoms with E-state index in [1.54, 1.807) is 24.3 Å². The lowest BCUT2D eigenvalue weighted by Gasteiger charge is -2.10. The van der Waals surface area contributed by atoms with Crippen LogP contribution in [0.1, 0.15) is 0 Å². The van der Waals surface area contributed by atoms with Crippen molar-refractivity contribution in [1.82, 2.24) is 4.98 Å². The van der Waals surface area contributed by atoms with Gasteiger partial charge in [0.2, 0.25) is 0 Å². The number of pyridine rings is 1. The molecule has 0 unspecified atom stereocenters. The molecular formula is C17H10Cl2F2N2O2S. The molecule has 0 atom stereocenters. The van der Waals surface area contributed by atoms with Gasteiger partial charge in [-0.05, 0) is 36.4 Å². The fourth-order valence-corrected chi connectivity index (χ4v) is 3.72. The molecule has 0 spiro atoms. The van der Waals surface area contributed by atoms with Gasteiger partial charge in [-0.25, -0.2) is 22.2 Å². The highest BCUT2D eigenvalue weighted by Crippen LogP contribution is 2.33. The van der Waals surface area contributed by atoms with Crippen LogP contribution in [-0.4, -0.2) is 13.4 Å². The molecule has 134 valence electrons. The molecule has 0 aliphatic rings. The summed E-state index contributed by atoms with van der Waals surface area (Å²) < 4.78 is 53.5. The Bertz CT molecular complexity index is 1070. The fraction of sp³-hybridized carbons (Fsp3) is 0. The summed E-state index contributed by atoms with van der Waals surface area (Å²) in [5.41, 5.74) is 1.23. The van der Waals surface area contributed by atoms with Gasteiger partial charge >= 0.3 is 0 Å². The number of benzene rings is 2. The number of halogens is 4. The molecule has 0 fully saturated rings. The topological polar surface area (TPSA) is 59.1 Å². The number of hydrogen-bond donors (Lipinski definition) is 1. The maximum atomic E-state index is 13.7. The Balaban J connectivity index is 1.90. The smallest absolute Gasteiger partial charge is 0.263 e. The predicted octanol–water partition coefficient (Wildman–Crippen LogP) is 5.13. The van der Waals surface area contributed by atoms with Crippen LogP contribution < -0.4 is 4.72 Å². The van der Waals surface area contributed by atoms with E-state index >= 15 is 0 Å². The average molecular weight is 415 g/mol. The Hall–Kier alpha value is -2.22. The summed E-state index contributed by atoms with van der Waals surface area (Å²) in [6.07, 6.45) is 1.39. The van der Waals surface area contributed by atoms with E-state index in [1.165, 1.54) is 12.3 Å².